The van der Waals surface area contributed by atoms with Crippen molar-refractivity contribution in [2.75, 3.05) is 20.3 Å². The molecule has 5 heteroatoms. The summed E-state index contributed by atoms with van der Waals surface area (Å²) in [5, 5.41) is 7.53. The lowest BCUT2D eigenvalue weighted by molar-refractivity contribution is 0.164. The van der Waals surface area contributed by atoms with Gasteiger partial charge >= 0.3 is 0 Å². The molecule has 0 bridgehead atoms. The van der Waals surface area contributed by atoms with Crippen LogP contribution in [0.15, 0.2) is 10.7 Å². The van der Waals surface area contributed by atoms with Gasteiger partial charge in [0.25, 0.3) is 0 Å². The molecule has 0 aliphatic carbocycles. The van der Waals surface area contributed by atoms with Crippen molar-refractivity contribution in [2.45, 2.75) is 13.0 Å². The van der Waals surface area contributed by atoms with Crippen LogP contribution in [0.4, 0.5) is 0 Å². The summed E-state index contributed by atoms with van der Waals surface area (Å²) in [6, 6.07) is 0.187. The van der Waals surface area contributed by atoms with Crippen LogP contribution in [0.3, 0.4) is 0 Å². The van der Waals surface area contributed by atoms with Crippen molar-refractivity contribution >= 4 is 15.9 Å². The summed E-state index contributed by atoms with van der Waals surface area (Å²) in [5.74, 6) is 0. The van der Waals surface area contributed by atoms with Crippen molar-refractivity contribution in [1.29, 1.82) is 0 Å². The molecule has 0 amide bonds. The standard InChI is InChI=1S/C9H16BrN3O/c1-4-11-8(6-14-3)9-7(10)5-12-13(9)2/h5,8,11H,4,6H2,1-3H3. The van der Waals surface area contributed by atoms with Crippen LogP contribution in [-0.2, 0) is 11.8 Å². The zero-order chi connectivity index (χ0) is 10.6. The Labute approximate surface area is 92.8 Å². The predicted molar refractivity (Wildman–Crippen MR) is 59.2 cm³/mol. The minimum absolute atomic E-state index is 0.187. The monoisotopic (exact) mass is 261 g/mol. The molecule has 0 aliphatic heterocycles. The lowest BCUT2D eigenvalue weighted by Crippen LogP contribution is -2.27. The van der Waals surface area contributed by atoms with Crippen LogP contribution < -0.4 is 5.32 Å². The zero-order valence-corrected chi connectivity index (χ0v) is 10.3. The molecule has 1 aromatic heterocycles. The highest BCUT2D eigenvalue weighted by molar-refractivity contribution is 9.10. The van der Waals surface area contributed by atoms with E-state index in [1.165, 1.54) is 0 Å². The molecule has 0 spiro atoms. The van der Waals surface area contributed by atoms with Crippen molar-refractivity contribution < 1.29 is 4.74 Å². The van der Waals surface area contributed by atoms with E-state index in [4.69, 9.17) is 4.74 Å². The smallest absolute Gasteiger partial charge is 0.0740 e. The lowest BCUT2D eigenvalue weighted by atomic mass is 10.2. The van der Waals surface area contributed by atoms with Gasteiger partial charge in [0.15, 0.2) is 0 Å². The SMILES string of the molecule is CCNC(COC)c1c(Br)cnn1C. The molecule has 0 saturated heterocycles. The predicted octanol–water partition coefficient (Wildman–Crippen LogP) is 1.48. The zero-order valence-electron chi connectivity index (χ0n) is 8.75. The highest BCUT2D eigenvalue weighted by Gasteiger charge is 2.17. The Bertz CT molecular complexity index is 262. The second-order valence-corrected chi connectivity index (χ2v) is 3.92. The van der Waals surface area contributed by atoms with Gasteiger partial charge in [-0.2, -0.15) is 5.10 Å². The molecule has 0 saturated carbocycles. The Morgan fingerprint density at radius 3 is 2.86 bits per heavy atom. The summed E-state index contributed by atoms with van der Waals surface area (Å²) in [6.07, 6.45) is 1.80. The maximum absolute atomic E-state index is 5.17. The molecule has 0 radical (unpaired) electrons. The molecule has 1 rings (SSSR count). The van der Waals surface area contributed by atoms with E-state index in [2.05, 4.69) is 33.3 Å². The molecule has 4 nitrogen and oxygen atoms in total. The number of ether oxygens (including phenoxy) is 1. The number of likely N-dealkylation sites (N-methyl/N-ethyl adjacent to an activating group) is 1. The van der Waals surface area contributed by atoms with Crippen molar-refractivity contribution in [3.05, 3.63) is 16.4 Å². The largest absolute Gasteiger partial charge is 0.383 e. The van der Waals surface area contributed by atoms with Crippen molar-refractivity contribution in [2.24, 2.45) is 7.05 Å². The third kappa shape index (κ3) is 2.56. The number of hydrogen-bond acceptors (Lipinski definition) is 3. The summed E-state index contributed by atoms with van der Waals surface area (Å²) in [4.78, 5) is 0. The van der Waals surface area contributed by atoms with Crippen LogP contribution in [0, 0.1) is 0 Å². The molecule has 14 heavy (non-hydrogen) atoms. The van der Waals surface area contributed by atoms with Gasteiger partial charge in [-0.25, -0.2) is 0 Å². The highest BCUT2D eigenvalue weighted by Crippen LogP contribution is 2.22. The van der Waals surface area contributed by atoms with Gasteiger partial charge in [0.05, 0.1) is 29.0 Å². The average molecular weight is 262 g/mol. The Kier molecular flexibility index (Phi) is 4.57. The normalized spacial score (nSPS) is 13.1. The fourth-order valence-corrected chi connectivity index (χ4v) is 2.08. The molecule has 1 heterocycles. The fraction of sp³-hybridized carbons (Fsp3) is 0.667. The number of rotatable bonds is 5. The first-order chi connectivity index (χ1) is 6.70. The van der Waals surface area contributed by atoms with Gasteiger partial charge in [0.1, 0.15) is 0 Å². The molecule has 0 aromatic carbocycles. The first-order valence-corrected chi connectivity index (χ1v) is 5.39. The maximum atomic E-state index is 5.17. The summed E-state index contributed by atoms with van der Waals surface area (Å²) in [6.45, 7) is 3.63. The number of nitrogens with one attached hydrogen (secondary N) is 1. The molecule has 1 aromatic rings. The quantitative estimate of drug-likeness (QED) is 0.873. The Balaban J connectivity index is 2.85. The number of nitrogens with zero attached hydrogens (tertiary/aromatic N) is 2. The van der Waals surface area contributed by atoms with Gasteiger partial charge in [-0.3, -0.25) is 4.68 Å². The Morgan fingerprint density at radius 1 is 1.71 bits per heavy atom. The van der Waals surface area contributed by atoms with Crippen LogP contribution in [0.2, 0.25) is 0 Å². The molecule has 1 N–H and O–H groups in total. The van der Waals surface area contributed by atoms with E-state index in [0.29, 0.717) is 6.61 Å². The van der Waals surface area contributed by atoms with Gasteiger partial charge in [-0.1, -0.05) is 6.92 Å². The summed E-state index contributed by atoms with van der Waals surface area (Å²) in [5.41, 5.74) is 1.12. The molecule has 0 aliphatic rings. The molecule has 1 atom stereocenters. The molecule has 80 valence electrons. The highest BCUT2D eigenvalue weighted by atomic mass is 79.9. The van der Waals surface area contributed by atoms with Gasteiger partial charge in [0.2, 0.25) is 0 Å². The number of halogens is 1. The van der Waals surface area contributed by atoms with E-state index in [0.717, 1.165) is 16.7 Å². The third-order valence-electron chi connectivity index (χ3n) is 2.05. The van der Waals surface area contributed by atoms with Crippen molar-refractivity contribution in [1.82, 2.24) is 15.1 Å². The number of aryl methyl sites for hydroxylation is 1. The lowest BCUT2D eigenvalue weighted by Gasteiger charge is -2.17. The fourth-order valence-electron chi connectivity index (χ4n) is 1.46. The summed E-state index contributed by atoms with van der Waals surface area (Å²) < 4.78 is 8.04. The van der Waals surface area contributed by atoms with Crippen LogP contribution in [-0.4, -0.2) is 30.0 Å². The summed E-state index contributed by atoms with van der Waals surface area (Å²) >= 11 is 3.48. The Hall–Kier alpha value is -0.390. The average Bonchev–Trinajstić information content (AvgIpc) is 2.46. The van der Waals surface area contributed by atoms with E-state index in [-0.39, 0.29) is 6.04 Å². The molecule has 0 fully saturated rings. The van der Waals surface area contributed by atoms with Crippen LogP contribution in [0.5, 0.6) is 0 Å². The minimum Gasteiger partial charge on any atom is -0.383 e. The van der Waals surface area contributed by atoms with Crippen LogP contribution in [0.25, 0.3) is 0 Å². The molecular weight excluding hydrogens is 246 g/mol. The number of aromatic nitrogens is 2. The van der Waals surface area contributed by atoms with Crippen molar-refractivity contribution in [3.8, 4) is 0 Å². The van der Waals surface area contributed by atoms with Crippen molar-refractivity contribution in [3.63, 3.8) is 0 Å². The second-order valence-electron chi connectivity index (χ2n) is 3.07. The van der Waals surface area contributed by atoms with E-state index in [9.17, 15) is 0 Å². The molecular formula is C9H16BrN3O. The number of hydrogen-bond donors (Lipinski definition) is 1. The molecule has 1 unspecified atom stereocenters. The number of methoxy groups -OCH3 is 1. The van der Waals surface area contributed by atoms with Crippen LogP contribution in [0.1, 0.15) is 18.7 Å². The van der Waals surface area contributed by atoms with Gasteiger partial charge in [-0.05, 0) is 22.5 Å². The first-order valence-electron chi connectivity index (χ1n) is 4.60. The third-order valence-corrected chi connectivity index (χ3v) is 2.66. The minimum atomic E-state index is 0.187. The summed E-state index contributed by atoms with van der Waals surface area (Å²) in [7, 11) is 3.63. The van der Waals surface area contributed by atoms with Gasteiger partial charge in [-0.15, -0.1) is 0 Å². The van der Waals surface area contributed by atoms with Gasteiger partial charge < -0.3 is 10.1 Å². The van der Waals surface area contributed by atoms with E-state index >= 15 is 0 Å². The van der Waals surface area contributed by atoms with E-state index in [1.54, 1.807) is 13.3 Å². The van der Waals surface area contributed by atoms with Gasteiger partial charge in [0, 0.05) is 14.2 Å². The van der Waals surface area contributed by atoms with Crippen LogP contribution >= 0.6 is 15.9 Å². The topological polar surface area (TPSA) is 39.1 Å². The van der Waals surface area contributed by atoms with E-state index in [1.807, 2.05) is 11.7 Å². The van der Waals surface area contributed by atoms with E-state index < -0.39 is 0 Å². The Morgan fingerprint density at radius 2 is 2.43 bits per heavy atom. The maximum Gasteiger partial charge on any atom is 0.0740 e. The second kappa shape index (κ2) is 5.48. The first kappa shape index (κ1) is 11.7.